The fraction of sp³-hybridized carbons (Fsp3) is 0.615. The Labute approximate surface area is 135 Å². The summed E-state index contributed by atoms with van der Waals surface area (Å²) >= 11 is -1.56. The van der Waals surface area contributed by atoms with Crippen LogP contribution >= 0.6 is 0 Å². The first kappa shape index (κ1) is 17.6. The first-order chi connectivity index (χ1) is 11.1. The highest BCUT2D eigenvalue weighted by atomic mass is 32.2. The first-order valence-electron chi connectivity index (χ1n) is 7.13. The molecule has 3 rings (SSSR count). The molecule has 5 atom stereocenters. The van der Waals surface area contributed by atoms with E-state index in [2.05, 4.69) is 11.1 Å². The number of nitrogens with zero attached hydrogens (tertiary/aromatic N) is 3. The third kappa shape index (κ3) is 3.59. The summed E-state index contributed by atoms with van der Waals surface area (Å²) in [6, 6.07) is 3.52. The van der Waals surface area contributed by atoms with Gasteiger partial charge in [-0.2, -0.15) is 10.2 Å². The molecule has 2 fully saturated rings. The maximum absolute atomic E-state index is 11.9. The summed E-state index contributed by atoms with van der Waals surface area (Å²) in [5.74, 6) is -0.784. The second-order valence-corrected chi connectivity index (χ2v) is 5.68. The molecular formula is C13H18N4O5S. The van der Waals surface area contributed by atoms with Gasteiger partial charge in [0.05, 0.1) is 12.7 Å². The molecular weight excluding hydrogens is 324 g/mol. The Bertz CT molecular complexity index is 673. The molecule has 0 saturated carbocycles. The number of hydrogen-bond donors (Lipinski definition) is 1. The van der Waals surface area contributed by atoms with Crippen LogP contribution in [0.2, 0.25) is 0 Å². The largest absolute Gasteiger partial charge is 0.383 e. The molecule has 0 bridgehead atoms. The number of rotatable bonds is 1. The average Bonchev–Trinajstić information content (AvgIpc) is 2.80. The van der Waals surface area contributed by atoms with Gasteiger partial charge in [-0.15, -0.1) is 0 Å². The van der Waals surface area contributed by atoms with E-state index in [4.69, 9.17) is 19.4 Å². The van der Waals surface area contributed by atoms with E-state index in [1.807, 2.05) is 13.8 Å². The van der Waals surface area contributed by atoms with Crippen LogP contribution in [0.25, 0.3) is 0 Å². The lowest BCUT2D eigenvalue weighted by molar-refractivity contribution is -0.0415. The molecule has 9 nitrogen and oxygen atoms in total. The predicted octanol–water partition coefficient (Wildman–Crippen LogP) is -0.0745. The van der Waals surface area contributed by atoms with E-state index in [-0.39, 0.29) is 18.4 Å². The van der Waals surface area contributed by atoms with Crippen molar-refractivity contribution in [2.45, 2.75) is 32.3 Å². The van der Waals surface area contributed by atoms with Gasteiger partial charge in [-0.25, -0.2) is 9.00 Å². The molecule has 0 aliphatic carbocycles. The van der Waals surface area contributed by atoms with Crippen LogP contribution in [0, 0.1) is 17.2 Å². The highest BCUT2D eigenvalue weighted by molar-refractivity contribution is 7.80. The van der Waals surface area contributed by atoms with Crippen molar-refractivity contribution in [3.63, 3.8) is 0 Å². The summed E-state index contributed by atoms with van der Waals surface area (Å²) in [5, 5.41) is 9.35. The van der Waals surface area contributed by atoms with Gasteiger partial charge in [0.25, 0.3) is 0 Å². The van der Waals surface area contributed by atoms with Gasteiger partial charge in [0, 0.05) is 6.20 Å². The van der Waals surface area contributed by atoms with Crippen molar-refractivity contribution in [2.24, 2.45) is 5.92 Å². The van der Waals surface area contributed by atoms with Crippen LogP contribution in [-0.4, -0.2) is 38.5 Å². The van der Waals surface area contributed by atoms with Crippen LogP contribution in [0.1, 0.15) is 20.1 Å². The summed E-state index contributed by atoms with van der Waals surface area (Å²) in [6.45, 7) is 4.03. The topological polar surface area (TPSA) is 129 Å². The maximum Gasteiger partial charge on any atom is 0.351 e. The van der Waals surface area contributed by atoms with Gasteiger partial charge in [-0.1, -0.05) is 13.8 Å². The minimum absolute atomic E-state index is 0.0309. The van der Waals surface area contributed by atoms with E-state index in [0.717, 1.165) is 0 Å². The van der Waals surface area contributed by atoms with Crippen LogP contribution in [0.3, 0.4) is 0 Å². The number of anilines is 1. The van der Waals surface area contributed by atoms with Gasteiger partial charge in [0.1, 0.15) is 29.9 Å². The third-order valence-electron chi connectivity index (χ3n) is 3.34. The molecule has 2 N–H and O–H groups in total. The van der Waals surface area contributed by atoms with E-state index >= 15 is 0 Å². The molecule has 126 valence electrons. The summed E-state index contributed by atoms with van der Waals surface area (Å²) in [4.78, 5) is 15.5. The highest BCUT2D eigenvalue weighted by Gasteiger charge is 2.48. The Balaban J connectivity index is 0.000000924. The van der Waals surface area contributed by atoms with Crippen LogP contribution in [0.15, 0.2) is 17.1 Å². The van der Waals surface area contributed by atoms with Crippen molar-refractivity contribution in [3.8, 4) is 6.07 Å². The third-order valence-corrected chi connectivity index (χ3v) is 4.06. The van der Waals surface area contributed by atoms with Gasteiger partial charge in [-0.3, -0.25) is 8.75 Å². The molecule has 2 saturated heterocycles. The van der Waals surface area contributed by atoms with Gasteiger partial charge in [0.15, 0.2) is 17.3 Å². The molecule has 23 heavy (non-hydrogen) atoms. The Morgan fingerprint density at radius 3 is 2.91 bits per heavy atom. The molecule has 1 aromatic heterocycles. The minimum Gasteiger partial charge on any atom is -0.383 e. The second-order valence-electron chi connectivity index (χ2n) is 4.60. The molecule has 2 aliphatic heterocycles. The zero-order valence-electron chi connectivity index (χ0n) is 12.7. The summed E-state index contributed by atoms with van der Waals surface area (Å²) in [7, 11) is 0. The molecule has 10 heteroatoms. The van der Waals surface area contributed by atoms with Gasteiger partial charge in [-0.05, 0) is 6.07 Å². The summed E-state index contributed by atoms with van der Waals surface area (Å²) < 4.78 is 28.6. The molecule has 1 unspecified atom stereocenters. The van der Waals surface area contributed by atoms with E-state index in [0.29, 0.717) is 0 Å². The van der Waals surface area contributed by atoms with Crippen molar-refractivity contribution >= 4 is 16.9 Å². The number of ether oxygens (including phenoxy) is 2. The molecule has 0 amide bonds. The lowest BCUT2D eigenvalue weighted by atomic mass is 10.0. The fourth-order valence-corrected chi connectivity index (χ4v) is 3.01. The first-order valence-corrected chi connectivity index (χ1v) is 8.37. The minimum atomic E-state index is -1.56. The van der Waals surface area contributed by atoms with Crippen molar-refractivity contribution in [2.75, 3.05) is 18.3 Å². The fourth-order valence-electron chi connectivity index (χ4n) is 2.39. The molecule has 0 radical (unpaired) electrons. The highest BCUT2D eigenvalue weighted by Crippen LogP contribution is 2.36. The van der Waals surface area contributed by atoms with Gasteiger partial charge < -0.3 is 15.2 Å². The quantitative estimate of drug-likeness (QED) is 0.750. The lowest BCUT2D eigenvalue weighted by Gasteiger charge is -2.17. The number of aromatic nitrogens is 2. The number of nitriles is 1. The van der Waals surface area contributed by atoms with Crippen LogP contribution < -0.4 is 11.4 Å². The van der Waals surface area contributed by atoms with Crippen LogP contribution in [0.4, 0.5) is 5.82 Å². The van der Waals surface area contributed by atoms with E-state index < -0.39 is 41.1 Å². The SMILES string of the molecule is CC.N#C[C@H]1[C@@H]2OCS(=O)OC[C@H]2O[C@H]1n1ccc(N)nc1=O. The second kappa shape index (κ2) is 7.65. The van der Waals surface area contributed by atoms with E-state index in [1.54, 1.807) is 0 Å². The van der Waals surface area contributed by atoms with Crippen molar-refractivity contribution in [3.05, 3.63) is 22.7 Å². The molecule has 3 heterocycles. The van der Waals surface area contributed by atoms with E-state index in [1.165, 1.54) is 16.8 Å². The number of nitrogens with two attached hydrogens (primary N) is 1. The molecule has 1 aromatic rings. The molecule has 0 aromatic carbocycles. The number of nitrogen functional groups attached to an aromatic ring is 1. The Kier molecular flexibility index (Phi) is 5.84. The Morgan fingerprint density at radius 1 is 1.52 bits per heavy atom. The summed E-state index contributed by atoms with van der Waals surface area (Å²) in [6.07, 6.45) is -0.614. The number of fused-ring (bicyclic) bond motifs is 1. The standard InChI is InChI=1S/C11H12N4O5S.C2H6/c12-3-6-9-7(4-19-21(17)5-18-9)20-10(6)15-2-1-8(13)14-11(15)16;1-2/h1-2,6-7,9-10H,4-5H2,(H2,13,14,16);1-2H3/t6-,7+,9-,10+,21?;/m0./s1. The van der Waals surface area contributed by atoms with Crippen molar-refractivity contribution in [1.82, 2.24) is 9.55 Å². The zero-order chi connectivity index (χ0) is 17.0. The maximum atomic E-state index is 11.9. The monoisotopic (exact) mass is 342 g/mol. The summed E-state index contributed by atoms with van der Waals surface area (Å²) in [5.41, 5.74) is 4.83. The van der Waals surface area contributed by atoms with Crippen LogP contribution in [0.5, 0.6) is 0 Å². The normalized spacial score (nSPS) is 32.8. The average molecular weight is 342 g/mol. The lowest BCUT2D eigenvalue weighted by Crippen LogP contribution is -2.32. The number of hydrogen-bond acceptors (Lipinski definition) is 8. The zero-order valence-corrected chi connectivity index (χ0v) is 13.6. The van der Waals surface area contributed by atoms with Crippen molar-refractivity contribution < 1.29 is 17.9 Å². The van der Waals surface area contributed by atoms with Crippen molar-refractivity contribution in [1.29, 1.82) is 5.26 Å². The van der Waals surface area contributed by atoms with E-state index in [9.17, 15) is 14.3 Å². The smallest absolute Gasteiger partial charge is 0.351 e. The van der Waals surface area contributed by atoms with Crippen LogP contribution in [-0.2, 0) is 24.7 Å². The van der Waals surface area contributed by atoms with Gasteiger partial charge >= 0.3 is 5.69 Å². The Hall–Kier alpha value is -1.80. The molecule has 2 aliphatic rings. The Morgan fingerprint density at radius 2 is 2.26 bits per heavy atom. The molecule has 0 spiro atoms. The van der Waals surface area contributed by atoms with Gasteiger partial charge in [0.2, 0.25) is 0 Å². The predicted molar refractivity (Wildman–Crippen MR) is 81.1 cm³/mol.